The van der Waals surface area contributed by atoms with Crippen LogP contribution in [0.5, 0.6) is 5.75 Å². The van der Waals surface area contributed by atoms with Gasteiger partial charge in [-0.1, -0.05) is 17.7 Å². The van der Waals surface area contributed by atoms with Crippen LogP contribution in [0.25, 0.3) is 10.8 Å². The van der Waals surface area contributed by atoms with Gasteiger partial charge in [0, 0.05) is 10.9 Å². The van der Waals surface area contributed by atoms with Crippen molar-refractivity contribution in [3.8, 4) is 5.75 Å². The first kappa shape index (κ1) is 10.8. The van der Waals surface area contributed by atoms with E-state index in [-0.39, 0.29) is 5.82 Å². The van der Waals surface area contributed by atoms with Gasteiger partial charge in [0.2, 0.25) is 0 Å². The Bertz CT molecular complexity index is 590. The molecule has 1 fully saturated rings. The molecule has 0 amide bonds. The topological polar surface area (TPSA) is 9.23 Å². The molecule has 2 aromatic rings. The minimum absolute atomic E-state index is 0.146. The maximum absolute atomic E-state index is 13.9. The number of fused-ring (bicyclic) bond motifs is 1. The first-order chi connectivity index (χ1) is 8.20. The van der Waals surface area contributed by atoms with Crippen molar-refractivity contribution in [2.24, 2.45) is 0 Å². The molecule has 0 atom stereocenters. The lowest BCUT2D eigenvalue weighted by molar-refractivity contribution is 0.415. The fourth-order valence-corrected chi connectivity index (χ4v) is 2.60. The highest BCUT2D eigenvalue weighted by atomic mass is 35.5. The van der Waals surface area contributed by atoms with Crippen LogP contribution in [-0.4, -0.2) is 7.11 Å². The van der Waals surface area contributed by atoms with Crippen molar-refractivity contribution in [3.05, 3.63) is 40.7 Å². The summed E-state index contributed by atoms with van der Waals surface area (Å²) in [5.41, 5.74) is 0.773. The number of halogens is 2. The quantitative estimate of drug-likeness (QED) is 0.762. The van der Waals surface area contributed by atoms with Crippen LogP contribution in [-0.2, 0) is 0 Å². The van der Waals surface area contributed by atoms with Crippen LogP contribution in [0.1, 0.15) is 24.3 Å². The molecule has 0 saturated heterocycles. The van der Waals surface area contributed by atoms with Crippen LogP contribution in [0.15, 0.2) is 24.3 Å². The van der Waals surface area contributed by atoms with Gasteiger partial charge in [0.15, 0.2) is 0 Å². The second-order valence-corrected chi connectivity index (χ2v) is 4.85. The molecular formula is C14H12ClFO. The van der Waals surface area contributed by atoms with Gasteiger partial charge in [-0.05, 0) is 42.3 Å². The lowest BCUT2D eigenvalue weighted by atomic mass is 10.00. The van der Waals surface area contributed by atoms with Crippen molar-refractivity contribution in [2.45, 2.75) is 18.8 Å². The Morgan fingerprint density at radius 1 is 1.29 bits per heavy atom. The van der Waals surface area contributed by atoms with Gasteiger partial charge in [-0.25, -0.2) is 4.39 Å². The maximum atomic E-state index is 13.9. The van der Waals surface area contributed by atoms with E-state index in [1.807, 2.05) is 6.07 Å². The number of rotatable bonds is 2. The second-order valence-electron chi connectivity index (χ2n) is 4.44. The molecular weight excluding hydrogens is 239 g/mol. The molecule has 0 spiro atoms. The van der Waals surface area contributed by atoms with Gasteiger partial charge in [-0.2, -0.15) is 0 Å². The molecule has 0 heterocycles. The zero-order valence-electron chi connectivity index (χ0n) is 9.47. The molecule has 3 rings (SSSR count). The van der Waals surface area contributed by atoms with Gasteiger partial charge in [0.25, 0.3) is 0 Å². The van der Waals surface area contributed by atoms with Crippen molar-refractivity contribution in [1.29, 1.82) is 0 Å². The summed E-state index contributed by atoms with van der Waals surface area (Å²) in [5.74, 6) is 0.896. The predicted octanol–water partition coefficient (Wildman–Crippen LogP) is 4.52. The van der Waals surface area contributed by atoms with E-state index < -0.39 is 0 Å². The van der Waals surface area contributed by atoms with Gasteiger partial charge >= 0.3 is 0 Å². The summed E-state index contributed by atoms with van der Waals surface area (Å²) >= 11 is 6.24. The van der Waals surface area contributed by atoms with E-state index in [0.29, 0.717) is 16.7 Å². The minimum Gasteiger partial charge on any atom is -0.497 e. The summed E-state index contributed by atoms with van der Waals surface area (Å²) in [4.78, 5) is 0. The second kappa shape index (κ2) is 3.88. The van der Waals surface area contributed by atoms with Gasteiger partial charge in [0.1, 0.15) is 11.6 Å². The fraction of sp³-hybridized carbons (Fsp3) is 0.286. The average molecular weight is 251 g/mol. The van der Waals surface area contributed by atoms with E-state index in [4.69, 9.17) is 16.3 Å². The molecule has 1 saturated carbocycles. The highest BCUT2D eigenvalue weighted by Gasteiger charge is 2.29. The summed E-state index contributed by atoms with van der Waals surface area (Å²) < 4.78 is 19.1. The van der Waals surface area contributed by atoms with Crippen LogP contribution in [0, 0.1) is 5.82 Å². The number of methoxy groups -OCH3 is 1. The van der Waals surface area contributed by atoms with Gasteiger partial charge < -0.3 is 4.74 Å². The third-order valence-corrected chi connectivity index (χ3v) is 3.55. The van der Waals surface area contributed by atoms with Gasteiger partial charge in [-0.15, -0.1) is 0 Å². The molecule has 0 bridgehead atoms. The lowest BCUT2D eigenvalue weighted by Gasteiger charge is -2.10. The number of hydrogen-bond acceptors (Lipinski definition) is 1. The number of ether oxygens (including phenoxy) is 1. The summed E-state index contributed by atoms with van der Waals surface area (Å²) in [6.45, 7) is 0. The van der Waals surface area contributed by atoms with Crippen molar-refractivity contribution < 1.29 is 9.13 Å². The Kier molecular flexibility index (Phi) is 2.48. The molecule has 88 valence electrons. The average Bonchev–Trinajstić information content (AvgIpc) is 3.13. The zero-order valence-corrected chi connectivity index (χ0v) is 10.2. The highest BCUT2D eigenvalue weighted by molar-refractivity contribution is 6.36. The summed E-state index contributed by atoms with van der Waals surface area (Å²) in [5, 5.41) is 2.35. The van der Waals surface area contributed by atoms with E-state index in [0.717, 1.165) is 29.2 Å². The smallest absolute Gasteiger partial charge is 0.127 e. The maximum Gasteiger partial charge on any atom is 0.127 e. The fourth-order valence-electron chi connectivity index (χ4n) is 2.28. The largest absolute Gasteiger partial charge is 0.497 e. The highest BCUT2D eigenvalue weighted by Crippen LogP contribution is 2.46. The summed E-state index contributed by atoms with van der Waals surface area (Å²) in [6, 6.07) is 6.92. The van der Waals surface area contributed by atoms with E-state index in [2.05, 4.69) is 0 Å². The molecule has 3 heteroatoms. The van der Waals surface area contributed by atoms with Crippen LogP contribution in [0.2, 0.25) is 5.02 Å². The molecule has 1 aliphatic carbocycles. The molecule has 1 nitrogen and oxygen atoms in total. The van der Waals surface area contributed by atoms with Crippen molar-refractivity contribution in [3.63, 3.8) is 0 Å². The number of benzene rings is 2. The van der Waals surface area contributed by atoms with Crippen LogP contribution < -0.4 is 4.74 Å². The van der Waals surface area contributed by atoms with E-state index in [1.54, 1.807) is 19.2 Å². The third kappa shape index (κ3) is 1.77. The molecule has 0 aliphatic heterocycles. The van der Waals surface area contributed by atoms with Crippen molar-refractivity contribution >= 4 is 22.4 Å². The Morgan fingerprint density at radius 2 is 2.06 bits per heavy atom. The van der Waals surface area contributed by atoms with E-state index in [9.17, 15) is 4.39 Å². The van der Waals surface area contributed by atoms with Crippen LogP contribution in [0.4, 0.5) is 4.39 Å². The van der Waals surface area contributed by atoms with E-state index in [1.165, 1.54) is 6.07 Å². The van der Waals surface area contributed by atoms with Crippen LogP contribution in [0.3, 0.4) is 0 Å². The first-order valence-electron chi connectivity index (χ1n) is 5.66. The molecule has 0 N–H and O–H groups in total. The van der Waals surface area contributed by atoms with Gasteiger partial charge in [0.05, 0.1) is 12.1 Å². The van der Waals surface area contributed by atoms with Crippen LogP contribution >= 0.6 is 11.6 Å². The monoisotopic (exact) mass is 250 g/mol. The molecule has 1 aliphatic rings. The normalized spacial score (nSPS) is 15.2. The van der Waals surface area contributed by atoms with E-state index >= 15 is 0 Å². The Hall–Kier alpha value is -1.28. The Labute approximate surface area is 104 Å². The summed E-state index contributed by atoms with van der Waals surface area (Å²) in [7, 11) is 1.60. The Balaban J connectivity index is 2.34. The summed E-state index contributed by atoms with van der Waals surface area (Å²) in [6.07, 6.45) is 2.11. The number of hydrogen-bond donors (Lipinski definition) is 0. The minimum atomic E-state index is -0.146. The zero-order chi connectivity index (χ0) is 12.0. The molecule has 2 aromatic carbocycles. The lowest BCUT2D eigenvalue weighted by Crippen LogP contribution is -1.92. The molecule has 0 radical (unpaired) electrons. The van der Waals surface area contributed by atoms with Crippen molar-refractivity contribution in [2.75, 3.05) is 7.11 Å². The standard InChI is InChI=1S/C14H12ClFO/c1-17-10-6-9-4-5-12(16)14(8-2-3-8)13(9)11(15)7-10/h4-8H,2-3H2,1H3. The SMILES string of the molecule is COc1cc(Cl)c2c(C3CC3)c(F)ccc2c1. The van der Waals surface area contributed by atoms with Gasteiger partial charge in [-0.3, -0.25) is 0 Å². The Morgan fingerprint density at radius 3 is 2.71 bits per heavy atom. The molecule has 17 heavy (non-hydrogen) atoms. The first-order valence-corrected chi connectivity index (χ1v) is 6.04. The molecule has 0 unspecified atom stereocenters. The molecule has 0 aromatic heterocycles. The third-order valence-electron chi connectivity index (χ3n) is 3.25. The van der Waals surface area contributed by atoms with Crippen molar-refractivity contribution in [1.82, 2.24) is 0 Å². The predicted molar refractivity (Wildman–Crippen MR) is 67.4 cm³/mol.